The van der Waals surface area contributed by atoms with Crippen LogP contribution in [0.3, 0.4) is 0 Å². The van der Waals surface area contributed by atoms with Crippen LogP contribution >= 0.6 is 0 Å². The summed E-state index contributed by atoms with van der Waals surface area (Å²) in [4.78, 5) is 22.3. The molecule has 0 spiro atoms. The third-order valence-corrected chi connectivity index (χ3v) is 5.36. The quantitative estimate of drug-likeness (QED) is 0.398. The van der Waals surface area contributed by atoms with Crippen molar-refractivity contribution in [2.24, 2.45) is 0 Å². The molecule has 4 aromatic rings. The molecule has 168 valence electrons. The Hall–Kier alpha value is -4.14. The number of benzene rings is 2. The van der Waals surface area contributed by atoms with Crippen molar-refractivity contribution in [3.8, 4) is 22.5 Å². The average molecular weight is 444 g/mol. The molecule has 2 heterocycles. The van der Waals surface area contributed by atoms with Crippen LogP contribution in [0.25, 0.3) is 22.5 Å². The molecule has 9 heteroatoms. The normalized spacial score (nSPS) is 10.8. The average Bonchev–Trinajstić information content (AvgIpc) is 3.38. The van der Waals surface area contributed by atoms with Gasteiger partial charge in [0.25, 0.3) is 0 Å². The highest BCUT2D eigenvalue weighted by Crippen LogP contribution is 2.30. The zero-order valence-corrected chi connectivity index (χ0v) is 18.6. The van der Waals surface area contributed by atoms with Crippen LogP contribution in [0.4, 0.5) is 5.82 Å². The molecule has 0 unspecified atom stereocenters. The number of hydrogen-bond donors (Lipinski definition) is 2. The Bertz CT molecular complexity index is 1220. The van der Waals surface area contributed by atoms with E-state index in [-0.39, 0.29) is 5.56 Å². The first-order valence-electron chi connectivity index (χ1n) is 10.8. The molecule has 0 amide bonds. The van der Waals surface area contributed by atoms with E-state index in [4.69, 9.17) is 0 Å². The van der Waals surface area contributed by atoms with Gasteiger partial charge in [-0.3, -0.25) is 0 Å². The van der Waals surface area contributed by atoms with E-state index >= 15 is 0 Å². The van der Waals surface area contributed by atoms with E-state index in [1.165, 1.54) is 6.20 Å². The molecule has 0 atom stereocenters. The van der Waals surface area contributed by atoms with Gasteiger partial charge in [0.1, 0.15) is 17.2 Å². The predicted octanol–water partition coefficient (Wildman–Crippen LogP) is 4.00. The second-order valence-corrected chi connectivity index (χ2v) is 7.77. The van der Waals surface area contributed by atoms with Crippen LogP contribution in [0.1, 0.15) is 41.5 Å². The fourth-order valence-electron chi connectivity index (χ4n) is 3.65. The Morgan fingerprint density at radius 2 is 1.85 bits per heavy atom. The number of unbranched alkanes of at least 4 members (excludes halogenated alkanes) is 1. The zero-order valence-electron chi connectivity index (χ0n) is 18.6. The van der Waals surface area contributed by atoms with Gasteiger partial charge in [-0.05, 0) is 28.3 Å². The van der Waals surface area contributed by atoms with Crippen molar-refractivity contribution >= 4 is 11.8 Å². The highest BCUT2D eigenvalue weighted by molar-refractivity contribution is 5.92. The number of nitrogens with zero attached hydrogens (tertiary/aromatic N) is 6. The van der Waals surface area contributed by atoms with Gasteiger partial charge in [-0.2, -0.15) is 5.21 Å². The van der Waals surface area contributed by atoms with Crippen LogP contribution < -0.4 is 4.90 Å². The molecule has 0 fully saturated rings. The third-order valence-electron chi connectivity index (χ3n) is 5.36. The lowest BCUT2D eigenvalue weighted by atomic mass is 9.98. The van der Waals surface area contributed by atoms with Gasteiger partial charge in [-0.25, -0.2) is 14.8 Å². The Labute approximate surface area is 191 Å². The van der Waals surface area contributed by atoms with Gasteiger partial charge in [0, 0.05) is 31.8 Å². The molecular formula is C24H25N7O2. The number of aromatic nitrogens is 6. The van der Waals surface area contributed by atoms with Gasteiger partial charge in [-0.15, -0.1) is 10.2 Å². The van der Waals surface area contributed by atoms with Gasteiger partial charge in [0.2, 0.25) is 5.82 Å². The van der Waals surface area contributed by atoms with Gasteiger partial charge in [0.15, 0.2) is 0 Å². The van der Waals surface area contributed by atoms with Gasteiger partial charge >= 0.3 is 5.97 Å². The summed E-state index contributed by atoms with van der Waals surface area (Å²) in [5.41, 5.74) is 4.05. The lowest BCUT2D eigenvalue weighted by molar-refractivity contribution is 0.0696. The van der Waals surface area contributed by atoms with Crippen LogP contribution in [0, 0.1) is 0 Å². The number of carbonyl (C=O) groups is 1. The predicted molar refractivity (Wildman–Crippen MR) is 125 cm³/mol. The summed E-state index contributed by atoms with van der Waals surface area (Å²) < 4.78 is 0. The molecule has 2 aromatic heterocycles. The molecule has 2 aromatic carbocycles. The highest BCUT2D eigenvalue weighted by atomic mass is 16.4. The summed E-state index contributed by atoms with van der Waals surface area (Å²) in [6.07, 6.45) is 4.12. The maximum absolute atomic E-state index is 11.7. The molecule has 33 heavy (non-hydrogen) atoms. The van der Waals surface area contributed by atoms with Crippen LogP contribution in [0.15, 0.2) is 54.7 Å². The van der Waals surface area contributed by atoms with Crippen LogP contribution in [0.5, 0.6) is 0 Å². The number of aryl methyl sites for hydroxylation is 1. The largest absolute Gasteiger partial charge is 0.477 e. The number of carboxylic acid groups (broad SMARTS) is 1. The molecule has 0 saturated carbocycles. The Morgan fingerprint density at radius 3 is 2.52 bits per heavy atom. The summed E-state index contributed by atoms with van der Waals surface area (Å²) in [6, 6.07) is 16.0. The van der Waals surface area contributed by atoms with Crippen molar-refractivity contribution in [2.45, 2.75) is 32.7 Å². The minimum absolute atomic E-state index is 0.100. The van der Waals surface area contributed by atoms with Crippen molar-refractivity contribution in [1.82, 2.24) is 30.6 Å². The van der Waals surface area contributed by atoms with E-state index in [1.54, 1.807) is 0 Å². The number of carboxylic acids is 1. The highest BCUT2D eigenvalue weighted by Gasteiger charge is 2.18. The van der Waals surface area contributed by atoms with Gasteiger partial charge in [-0.1, -0.05) is 61.9 Å². The Kier molecular flexibility index (Phi) is 6.68. The maximum Gasteiger partial charge on any atom is 0.341 e. The monoisotopic (exact) mass is 443 g/mol. The molecule has 0 saturated heterocycles. The number of aromatic amines is 1. The summed E-state index contributed by atoms with van der Waals surface area (Å²) in [5.74, 6) is 0.595. The van der Waals surface area contributed by atoms with Gasteiger partial charge in [0.05, 0.1) is 0 Å². The lowest BCUT2D eigenvalue weighted by Crippen LogP contribution is -2.22. The third kappa shape index (κ3) is 5.03. The number of nitrogens with one attached hydrogen (secondary N) is 1. The molecule has 0 aliphatic carbocycles. The van der Waals surface area contributed by atoms with Crippen LogP contribution in [0.2, 0.25) is 0 Å². The zero-order chi connectivity index (χ0) is 23.2. The number of anilines is 1. The van der Waals surface area contributed by atoms with E-state index in [2.05, 4.69) is 37.5 Å². The van der Waals surface area contributed by atoms with Crippen molar-refractivity contribution in [3.05, 3.63) is 71.7 Å². The number of rotatable bonds is 9. The first-order chi connectivity index (χ1) is 16.1. The number of H-pyrrole nitrogens is 1. The molecule has 2 N–H and O–H groups in total. The van der Waals surface area contributed by atoms with E-state index < -0.39 is 5.97 Å². The van der Waals surface area contributed by atoms with Crippen molar-refractivity contribution in [2.75, 3.05) is 11.9 Å². The Morgan fingerprint density at radius 1 is 1.09 bits per heavy atom. The second-order valence-electron chi connectivity index (χ2n) is 7.77. The standard InChI is InChI=1S/C24H25N7O2/c1-3-4-9-21-25-14-20(24(32)33)23(26-21)31(2)15-16-10-12-17(13-11-16)18-7-5-6-8-19(18)22-27-29-30-28-22/h5-8,10-14H,3-4,9,15H2,1-2H3,(H,32,33)(H,27,28,29,30). The molecule has 0 aliphatic rings. The first-order valence-corrected chi connectivity index (χ1v) is 10.8. The molecule has 4 rings (SSSR count). The van der Waals surface area contributed by atoms with Crippen LogP contribution in [-0.2, 0) is 13.0 Å². The van der Waals surface area contributed by atoms with E-state index in [0.29, 0.717) is 24.0 Å². The molecule has 9 nitrogen and oxygen atoms in total. The maximum atomic E-state index is 11.7. The number of tetrazole rings is 1. The molecule has 0 bridgehead atoms. The fraction of sp³-hybridized carbons (Fsp3) is 0.250. The molecule has 0 aliphatic heterocycles. The SMILES string of the molecule is CCCCc1ncc(C(=O)O)c(N(C)Cc2ccc(-c3ccccc3-c3nn[nH]n3)cc2)n1. The first kappa shape index (κ1) is 22.1. The summed E-state index contributed by atoms with van der Waals surface area (Å²) >= 11 is 0. The smallest absolute Gasteiger partial charge is 0.341 e. The van der Waals surface area contributed by atoms with Crippen molar-refractivity contribution in [1.29, 1.82) is 0 Å². The Balaban J connectivity index is 1.56. The lowest BCUT2D eigenvalue weighted by Gasteiger charge is -2.21. The number of hydrogen-bond acceptors (Lipinski definition) is 7. The second kappa shape index (κ2) is 9.99. The van der Waals surface area contributed by atoms with E-state index in [0.717, 1.165) is 41.5 Å². The van der Waals surface area contributed by atoms with Crippen molar-refractivity contribution < 1.29 is 9.90 Å². The van der Waals surface area contributed by atoms with E-state index in [9.17, 15) is 9.90 Å². The molecular weight excluding hydrogens is 418 g/mol. The van der Waals surface area contributed by atoms with Crippen molar-refractivity contribution in [3.63, 3.8) is 0 Å². The van der Waals surface area contributed by atoms with Gasteiger partial charge < -0.3 is 10.0 Å². The fourth-order valence-corrected chi connectivity index (χ4v) is 3.65. The minimum atomic E-state index is -1.03. The minimum Gasteiger partial charge on any atom is -0.477 e. The van der Waals surface area contributed by atoms with Crippen LogP contribution in [-0.4, -0.2) is 48.7 Å². The van der Waals surface area contributed by atoms with E-state index in [1.807, 2.05) is 60.5 Å². The number of aromatic carboxylic acids is 1. The topological polar surface area (TPSA) is 121 Å². The molecule has 0 radical (unpaired) electrons. The summed E-state index contributed by atoms with van der Waals surface area (Å²) in [7, 11) is 1.85. The summed E-state index contributed by atoms with van der Waals surface area (Å²) in [5, 5.41) is 23.9. The summed E-state index contributed by atoms with van der Waals surface area (Å²) in [6.45, 7) is 2.61.